The topological polar surface area (TPSA) is 104 Å². The zero-order valence-electron chi connectivity index (χ0n) is 8.84. The second-order valence-electron chi connectivity index (χ2n) is 3.31. The van der Waals surface area contributed by atoms with E-state index < -0.39 is 30.7 Å². The van der Waals surface area contributed by atoms with E-state index in [4.69, 9.17) is 10.2 Å². The number of aliphatic hydroxyl groups is 1. The molecule has 6 heteroatoms. The summed E-state index contributed by atoms with van der Waals surface area (Å²) < 4.78 is 0. The second kappa shape index (κ2) is 5.76. The van der Waals surface area contributed by atoms with Gasteiger partial charge in [-0.15, -0.1) is 0 Å². The van der Waals surface area contributed by atoms with Crippen LogP contribution >= 0.6 is 0 Å². The highest BCUT2D eigenvalue weighted by Crippen LogP contribution is 2.10. The summed E-state index contributed by atoms with van der Waals surface area (Å²) in [6.07, 6.45) is -0.437. The lowest BCUT2D eigenvalue weighted by Gasteiger charge is -2.04. The Morgan fingerprint density at radius 1 is 1.24 bits per heavy atom. The molecular weight excluding hydrogens is 226 g/mol. The Morgan fingerprint density at radius 2 is 1.94 bits per heavy atom. The van der Waals surface area contributed by atoms with E-state index in [9.17, 15) is 14.4 Å². The summed E-state index contributed by atoms with van der Waals surface area (Å²) in [4.78, 5) is 32.7. The van der Waals surface area contributed by atoms with Gasteiger partial charge in [-0.1, -0.05) is 6.07 Å². The summed E-state index contributed by atoms with van der Waals surface area (Å²) in [5.41, 5.74) is 0.330. The number of benzene rings is 1. The standard InChI is InChI=1S/C11H11NO5/c13-6-9(14)5-10(15)12-8-3-1-2-7(4-8)11(16)17/h1-4,13H,5-6H2,(H,12,15)(H,16,17). The zero-order valence-corrected chi connectivity index (χ0v) is 8.84. The van der Waals surface area contributed by atoms with Crippen molar-refractivity contribution in [3.63, 3.8) is 0 Å². The summed E-state index contributed by atoms with van der Waals surface area (Å²) >= 11 is 0. The van der Waals surface area contributed by atoms with Crippen LogP contribution < -0.4 is 5.32 Å². The van der Waals surface area contributed by atoms with E-state index in [1.165, 1.54) is 24.3 Å². The molecule has 1 amide bonds. The van der Waals surface area contributed by atoms with Crippen LogP contribution in [0.25, 0.3) is 0 Å². The maximum Gasteiger partial charge on any atom is 0.335 e. The Morgan fingerprint density at radius 3 is 2.53 bits per heavy atom. The summed E-state index contributed by atoms with van der Waals surface area (Å²) in [7, 11) is 0. The molecule has 0 fully saturated rings. The highest BCUT2D eigenvalue weighted by Gasteiger charge is 2.09. The second-order valence-corrected chi connectivity index (χ2v) is 3.31. The van der Waals surface area contributed by atoms with Gasteiger partial charge < -0.3 is 15.5 Å². The Labute approximate surface area is 96.9 Å². The summed E-state index contributed by atoms with van der Waals surface area (Å²) in [5.74, 6) is -2.30. The van der Waals surface area contributed by atoms with Crippen molar-refractivity contribution in [3.8, 4) is 0 Å². The maximum atomic E-state index is 11.3. The van der Waals surface area contributed by atoms with Gasteiger partial charge in [-0.3, -0.25) is 9.59 Å². The van der Waals surface area contributed by atoms with E-state index in [0.717, 1.165) is 0 Å². The van der Waals surface area contributed by atoms with E-state index in [-0.39, 0.29) is 5.56 Å². The van der Waals surface area contributed by atoms with Crippen LogP contribution in [-0.2, 0) is 9.59 Å². The van der Waals surface area contributed by atoms with Crippen molar-refractivity contribution in [1.29, 1.82) is 0 Å². The average Bonchev–Trinajstić information content (AvgIpc) is 2.28. The van der Waals surface area contributed by atoms with E-state index in [1.807, 2.05) is 0 Å². The minimum absolute atomic E-state index is 0.0382. The molecule has 0 aliphatic carbocycles. The van der Waals surface area contributed by atoms with Crippen molar-refractivity contribution in [1.82, 2.24) is 0 Å². The Hall–Kier alpha value is -2.21. The molecule has 0 atom stereocenters. The number of nitrogens with one attached hydrogen (secondary N) is 1. The van der Waals surface area contributed by atoms with Crippen LogP contribution in [0, 0.1) is 0 Å². The SMILES string of the molecule is O=C(CO)CC(=O)Nc1cccc(C(=O)O)c1. The molecule has 0 radical (unpaired) electrons. The molecule has 0 saturated carbocycles. The lowest BCUT2D eigenvalue weighted by molar-refractivity contribution is -0.127. The van der Waals surface area contributed by atoms with Crippen molar-refractivity contribution in [3.05, 3.63) is 29.8 Å². The number of Topliss-reactive ketones (excluding diaryl/α,β-unsaturated/α-hetero) is 1. The van der Waals surface area contributed by atoms with Crippen molar-refractivity contribution in [2.24, 2.45) is 0 Å². The van der Waals surface area contributed by atoms with Gasteiger partial charge in [-0.05, 0) is 18.2 Å². The first-order valence-electron chi connectivity index (χ1n) is 4.78. The first-order valence-corrected chi connectivity index (χ1v) is 4.78. The molecule has 1 aromatic carbocycles. The number of rotatable bonds is 5. The van der Waals surface area contributed by atoms with Crippen LogP contribution in [0.4, 0.5) is 5.69 Å². The first kappa shape index (κ1) is 12.9. The Balaban J connectivity index is 2.68. The largest absolute Gasteiger partial charge is 0.478 e. The maximum absolute atomic E-state index is 11.3. The van der Waals surface area contributed by atoms with E-state index >= 15 is 0 Å². The van der Waals surface area contributed by atoms with Crippen LogP contribution in [0.15, 0.2) is 24.3 Å². The fraction of sp³-hybridized carbons (Fsp3) is 0.182. The number of amides is 1. The molecule has 0 aliphatic heterocycles. The zero-order chi connectivity index (χ0) is 12.8. The predicted molar refractivity (Wildman–Crippen MR) is 58.7 cm³/mol. The number of aliphatic hydroxyl groups excluding tert-OH is 1. The molecule has 6 nitrogen and oxygen atoms in total. The van der Waals surface area contributed by atoms with Gasteiger partial charge in [0, 0.05) is 5.69 Å². The third-order valence-electron chi connectivity index (χ3n) is 1.93. The molecule has 0 heterocycles. The van der Waals surface area contributed by atoms with Gasteiger partial charge in [0.05, 0.1) is 12.0 Å². The van der Waals surface area contributed by atoms with Crippen molar-refractivity contribution >= 4 is 23.3 Å². The third-order valence-corrected chi connectivity index (χ3v) is 1.93. The van der Waals surface area contributed by atoms with E-state index in [0.29, 0.717) is 5.69 Å². The number of carboxylic acid groups (broad SMARTS) is 1. The summed E-state index contributed by atoms with van der Waals surface area (Å²) in [6, 6.07) is 5.65. The van der Waals surface area contributed by atoms with Gasteiger partial charge >= 0.3 is 5.97 Å². The molecule has 0 unspecified atom stereocenters. The van der Waals surface area contributed by atoms with Crippen LogP contribution in [-0.4, -0.2) is 34.5 Å². The number of ketones is 1. The molecule has 0 aliphatic rings. The summed E-state index contributed by atoms with van der Waals surface area (Å²) in [6.45, 7) is -0.692. The number of carbonyl (C=O) groups is 3. The molecule has 90 valence electrons. The van der Waals surface area contributed by atoms with E-state index in [1.54, 1.807) is 0 Å². The fourth-order valence-electron chi connectivity index (χ4n) is 1.17. The molecule has 0 spiro atoms. The van der Waals surface area contributed by atoms with Gasteiger partial charge in [0.2, 0.25) is 5.91 Å². The lowest BCUT2D eigenvalue weighted by Crippen LogP contribution is -2.18. The molecule has 0 aromatic heterocycles. The normalized spacial score (nSPS) is 9.71. The molecule has 1 rings (SSSR count). The predicted octanol–water partition coefficient (Wildman–Crippen LogP) is 0.275. The van der Waals surface area contributed by atoms with Gasteiger partial charge in [0.25, 0.3) is 0 Å². The highest BCUT2D eigenvalue weighted by molar-refractivity contribution is 6.05. The molecular formula is C11H11NO5. The quantitative estimate of drug-likeness (QED) is 0.638. The summed E-state index contributed by atoms with van der Waals surface area (Å²) in [5, 5.41) is 19.6. The van der Waals surface area contributed by atoms with E-state index in [2.05, 4.69) is 5.32 Å². The van der Waals surface area contributed by atoms with Gasteiger partial charge in [0.15, 0.2) is 5.78 Å². The van der Waals surface area contributed by atoms with Gasteiger partial charge in [0.1, 0.15) is 6.61 Å². The lowest BCUT2D eigenvalue weighted by atomic mass is 10.2. The molecule has 3 N–H and O–H groups in total. The van der Waals surface area contributed by atoms with Crippen LogP contribution in [0.2, 0.25) is 0 Å². The minimum atomic E-state index is -1.10. The van der Waals surface area contributed by atoms with Crippen molar-refractivity contribution < 1.29 is 24.6 Å². The number of carboxylic acids is 1. The Kier molecular flexibility index (Phi) is 4.36. The van der Waals surface area contributed by atoms with Crippen LogP contribution in [0.5, 0.6) is 0 Å². The number of carbonyl (C=O) groups excluding carboxylic acids is 2. The third kappa shape index (κ3) is 4.04. The molecule has 0 saturated heterocycles. The molecule has 0 bridgehead atoms. The Bertz CT molecular complexity index is 455. The van der Waals surface area contributed by atoms with Crippen LogP contribution in [0.3, 0.4) is 0 Å². The first-order chi connectivity index (χ1) is 8.02. The monoisotopic (exact) mass is 237 g/mol. The number of anilines is 1. The van der Waals surface area contributed by atoms with Gasteiger partial charge in [-0.2, -0.15) is 0 Å². The van der Waals surface area contributed by atoms with Crippen molar-refractivity contribution in [2.45, 2.75) is 6.42 Å². The smallest absolute Gasteiger partial charge is 0.335 e. The number of hydrogen-bond acceptors (Lipinski definition) is 4. The fourth-order valence-corrected chi connectivity index (χ4v) is 1.17. The number of hydrogen-bond donors (Lipinski definition) is 3. The van der Waals surface area contributed by atoms with Crippen LogP contribution in [0.1, 0.15) is 16.8 Å². The van der Waals surface area contributed by atoms with Gasteiger partial charge in [-0.25, -0.2) is 4.79 Å². The molecule has 1 aromatic rings. The number of aromatic carboxylic acids is 1. The minimum Gasteiger partial charge on any atom is -0.478 e. The molecule has 17 heavy (non-hydrogen) atoms. The highest BCUT2D eigenvalue weighted by atomic mass is 16.4. The average molecular weight is 237 g/mol. The van der Waals surface area contributed by atoms with Crippen molar-refractivity contribution in [2.75, 3.05) is 11.9 Å².